The highest BCUT2D eigenvalue weighted by atomic mass is 16.1. The maximum Gasteiger partial charge on any atom is 0.225 e. The van der Waals surface area contributed by atoms with E-state index in [9.17, 15) is 4.79 Å². The molecule has 1 aromatic heterocycles. The van der Waals surface area contributed by atoms with Crippen molar-refractivity contribution in [3.63, 3.8) is 0 Å². The molecule has 2 rings (SSSR count). The van der Waals surface area contributed by atoms with E-state index in [1.807, 2.05) is 37.0 Å². The number of nitrogens with two attached hydrogens (primary N) is 1. The fourth-order valence-electron chi connectivity index (χ4n) is 1.99. The van der Waals surface area contributed by atoms with E-state index in [0.29, 0.717) is 30.9 Å². The van der Waals surface area contributed by atoms with Gasteiger partial charge in [-0.3, -0.25) is 9.69 Å². The van der Waals surface area contributed by atoms with Crippen LogP contribution < -0.4 is 11.1 Å². The molecule has 0 fully saturated rings. The normalized spacial score (nSPS) is 10.8. The molecule has 3 N–H and O–H groups in total. The van der Waals surface area contributed by atoms with Gasteiger partial charge in [-0.25, -0.2) is 4.98 Å². The van der Waals surface area contributed by atoms with Gasteiger partial charge in [0, 0.05) is 32.4 Å². The first-order chi connectivity index (χ1) is 10.1. The first-order valence-corrected chi connectivity index (χ1v) is 6.85. The van der Waals surface area contributed by atoms with Crippen LogP contribution in [0.1, 0.15) is 12.2 Å². The molecular formula is C15H21N5O. The fourth-order valence-corrected chi connectivity index (χ4v) is 1.99. The number of nitrogen functional groups attached to an aromatic ring is 1. The van der Waals surface area contributed by atoms with Crippen molar-refractivity contribution in [2.24, 2.45) is 7.05 Å². The summed E-state index contributed by atoms with van der Waals surface area (Å²) in [5.41, 5.74) is 7.03. The summed E-state index contributed by atoms with van der Waals surface area (Å²) in [4.78, 5) is 18.3. The number of carbonyl (C=O) groups excluding carboxylic acids is 1. The summed E-state index contributed by atoms with van der Waals surface area (Å²) in [5, 5.41) is 2.82. The highest BCUT2D eigenvalue weighted by Crippen LogP contribution is 2.16. The molecule has 0 aliphatic carbocycles. The average Bonchev–Trinajstić information content (AvgIpc) is 2.85. The van der Waals surface area contributed by atoms with Crippen LogP contribution in [0.4, 0.5) is 11.4 Å². The van der Waals surface area contributed by atoms with Gasteiger partial charge >= 0.3 is 0 Å². The molecule has 0 saturated heterocycles. The number of aryl methyl sites for hydroxylation is 1. The molecule has 0 bridgehead atoms. The molecule has 0 spiro atoms. The van der Waals surface area contributed by atoms with Crippen molar-refractivity contribution in [3.05, 3.63) is 42.5 Å². The molecule has 0 unspecified atom stereocenters. The van der Waals surface area contributed by atoms with E-state index < -0.39 is 0 Å². The third kappa shape index (κ3) is 4.32. The van der Waals surface area contributed by atoms with Gasteiger partial charge in [0.15, 0.2) is 0 Å². The molecule has 112 valence electrons. The van der Waals surface area contributed by atoms with Crippen molar-refractivity contribution in [1.82, 2.24) is 14.5 Å². The van der Waals surface area contributed by atoms with Crippen LogP contribution in [-0.2, 0) is 18.4 Å². The number of hydrogen-bond donors (Lipinski definition) is 2. The molecule has 0 atom stereocenters. The molecule has 2 aromatic rings. The highest BCUT2D eigenvalue weighted by Gasteiger charge is 2.08. The third-order valence-electron chi connectivity index (χ3n) is 3.29. The van der Waals surface area contributed by atoms with Gasteiger partial charge in [0.1, 0.15) is 5.82 Å². The molecule has 1 amide bonds. The Morgan fingerprint density at radius 1 is 1.43 bits per heavy atom. The van der Waals surface area contributed by atoms with Gasteiger partial charge in [-0.05, 0) is 19.2 Å². The monoisotopic (exact) mass is 287 g/mol. The number of rotatable bonds is 6. The Balaban J connectivity index is 1.79. The van der Waals surface area contributed by atoms with Crippen molar-refractivity contribution in [1.29, 1.82) is 0 Å². The molecule has 1 aromatic carbocycles. The molecule has 1 heterocycles. The second-order valence-corrected chi connectivity index (χ2v) is 5.08. The van der Waals surface area contributed by atoms with E-state index in [1.54, 1.807) is 18.3 Å². The van der Waals surface area contributed by atoms with E-state index >= 15 is 0 Å². The first-order valence-electron chi connectivity index (χ1n) is 6.85. The minimum Gasteiger partial charge on any atom is -0.397 e. The van der Waals surface area contributed by atoms with Crippen molar-refractivity contribution in [3.8, 4) is 0 Å². The SMILES string of the molecule is CN(CCC(=O)Nc1ccccc1N)Cc1nccn1C. The fraction of sp³-hybridized carbons (Fsp3) is 0.333. The quantitative estimate of drug-likeness (QED) is 0.789. The predicted octanol–water partition coefficient (Wildman–Crippen LogP) is 1.46. The van der Waals surface area contributed by atoms with Crippen LogP contribution in [0.3, 0.4) is 0 Å². The molecule has 0 saturated carbocycles. The van der Waals surface area contributed by atoms with Gasteiger partial charge < -0.3 is 15.6 Å². The number of nitrogens with one attached hydrogen (secondary N) is 1. The lowest BCUT2D eigenvalue weighted by Crippen LogP contribution is -2.25. The predicted molar refractivity (Wildman–Crippen MR) is 83.6 cm³/mol. The van der Waals surface area contributed by atoms with Crippen LogP contribution >= 0.6 is 0 Å². The summed E-state index contributed by atoms with van der Waals surface area (Å²) in [7, 11) is 3.93. The average molecular weight is 287 g/mol. The highest BCUT2D eigenvalue weighted by molar-refractivity contribution is 5.93. The van der Waals surface area contributed by atoms with Crippen molar-refractivity contribution in [2.75, 3.05) is 24.6 Å². The lowest BCUT2D eigenvalue weighted by molar-refractivity contribution is -0.116. The summed E-state index contributed by atoms with van der Waals surface area (Å²) in [6, 6.07) is 7.25. The van der Waals surface area contributed by atoms with Crippen LogP contribution in [0.25, 0.3) is 0 Å². The Hall–Kier alpha value is -2.34. The van der Waals surface area contributed by atoms with Gasteiger partial charge in [0.05, 0.1) is 17.9 Å². The zero-order valence-corrected chi connectivity index (χ0v) is 12.4. The summed E-state index contributed by atoms with van der Waals surface area (Å²) in [6.45, 7) is 1.37. The minimum atomic E-state index is -0.0420. The number of hydrogen-bond acceptors (Lipinski definition) is 4. The molecular weight excluding hydrogens is 266 g/mol. The van der Waals surface area contributed by atoms with Gasteiger partial charge in [-0.15, -0.1) is 0 Å². The van der Waals surface area contributed by atoms with E-state index in [4.69, 9.17) is 5.73 Å². The van der Waals surface area contributed by atoms with Crippen LogP contribution in [0.15, 0.2) is 36.7 Å². The smallest absolute Gasteiger partial charge is 0.225 e. The van der Waals surface area contributed by atoms with E-state index in [1.165, 1.54) is 0 Å². The Morgan fingerprint density at radius 2 is 2.19 bits per heavy atom. The van der Waals surface area contributed by atoms with Crippen LogP contribution in [0, 0.1) is 0 Å². The number of anilines is 2. The molecule has 21 heavy (non-hydrogen) atoms. The van der Waals surface area contributed by atoms with Crippen LogP contribution in [-0.4, -0.2) is 34.0 Å². The number of para-hydroxylation sites is 2. The lowest BCUT2D eigenvalue weighted by Gasteiger charge is -2.16. The topological polar surface area (TPSA) is 76.2 Å². The van der Waals surface area contributed by atoms with Crippen molar-refractivity contribution in [2.45, 2.75) is 13.0 Å². The second kappa shape index (κ2) is 6.90. The Labute approximate surface area is 124 Å². The number of nitrogens with zero attached hydrogens (tertiary/aromatic N) is 3. The maximum absolute atomic E-state index is 11.9. The Bertz CT molecular complexity index is 608. The number of benzene rings is 1. The van der Waals surface area contributed by atoms with Crippen LogP contribution in [0.5, 0.6) is 0 Å². The van der Waals surface area contributed by atoms with Gasteiger partial charge in [0.25, 0.3) is 0 Å². The van der Waals surface area contributed by atoms with Crippen LogP contribution in [0.2, 0.25) is 0 Å². The van der Waals surface area contributed by atoms with Gasteiger partial charge in [0.2, 0.25) is 5.91 Å². The standard InChI is InChI=1S/C15H21N5O/c1-19(11-14-17-8-10-20(14)2)9-7-15(21)18-13-6-4-3-5-12(13)16/h3-6,8,10H,7,9,11,16H2,1-2H3,(H,18,21). The zero-order valence-electron chi connectivity index (χ0n) is 12.4. The Morgan fingerprint density at radius 3 is 2.86 bits per heavy atom. The van der Waals surface area contributed by atoms with E-state index in [0.717, 1.165) is 5.82 Å². The summed E-state index contributed by atoms with van der Waals surface area (Å²) in [6.07, 6.45) is 4.09. The van der Waals surface area contributed by atoms with Gasteiger partial charge in [-0.2, -0.15) is 0 Å². The Kier molecular flexibility index (Phi) is 4.94. The summed E-state index contributed by atoms with van der Waals surface area (Å²) in [5.74, 6) is 0.935. The molecule has 6 nitrogen and oxygen atoms in total. The van der Waals surface area contributed by atoms with E-state index in [-0.39, 0.29) is 5.91 Å². The number of amides is 1. The zero-order chi connectivity index (χ0) is 15.2. The second-order valence-electron chi connectivity index (χ2n) is 5.08. The molecule has 6 heteroatoms. The van der Waals surface area contributed by atoms with Gasteiger partial charge in [-0.1, -0.05) is 12.1 Å². The lowest BCUT2D eigenvalue weighted by atomic mass is 10.2. The van der Waals surface area contributed by atoms with E-state index in [2.05, 4.69) is 15.2 Å². The summed E-state index contributed by atoms with van der Waals surface area (Å²) >= 11 is 0. The molecule has 0 radical (unpaired) electrons. The molecule has 0 aliphatic rings. The van der Waals surface area contributed by atoms with Crippen molar-refractivity contribution < 1.29 is 4.79 Å². The number of aromatic nitrogens is 2. The molecule has 0 aliphatic heterocycles. The third-order valence-corrected chi connectivity index (χ3v) is 3.29. The maximum atomic E-state index is 11.9. The summed E-state index contributed by atoms with van der Waals surface area (Å²) < 4.78 is 1.97. The van der Waals surface area contributed by atoms with Crippen molar-refractivity contribution >= 4 is 17.3 Å². The largest absolute Gasteiger partial charge is 0.397 e. The first kappa shape index (κ1) is 15.1. The number of imidazole rings is 1. The minimum absolute atomic E-state index is 0.0420. The number of carbonyl (C=O) groups is 1.